The van der Waals surface area contributed by atoms with Crippen molar-refractivity contribution in [2.24, 2.45) is 0 Å². The lowest BCUT2D eigenvalue weighted by Crippen LogP contribution is -2.20. The third-order valence-electron chi connectivity index (χ3n) is 3.88. The summed E-state index contributed by atoms with van der Waals surface area (Å²) in [4.78, 5) is 0. The number of aromatic amines is 1. The molecule has 4 nitrogen and oxygen atoms in total. The number of halogens is 2. The first-order valence-corrected chi connectivity index (χ1v) is 7.21. The number of H-pyrrole nitrogens is 1. The number of ether oxygens (including phenoxy) is 2. The molecule has 0 radical (unpaired) electrons. The molecule has 0 spiro atoms. The Labute approximate surface area is 127 Å². The summed E-state index contributed by atoms with van der Waals surface area (Å²) in [6.45, 7) is 0.582. The van der Waals surface area contributed by atoms with Gasteiger partial charge in [-0.15, -0.1) is 0 Å². The molecule has 3 rings (SSSR count). The van der Waals surface area contributed by atoms with Gasteiger partial charge in [0.05, 0.1) is 23.9 Å². The van der Waals surface area contributed by atoms with Gasteiger partial charge < -0.3 is 9.47 Å². The zero-order valence-electron chi connectivity index (χ0n) is 11.6. The molecule has 2 atom stereocenters. The van der Waals surface area contributed by atoms with E-state index in [1.807, 2.05) is 6.07 Å². The summed E-state index contributed by atoms with van der Waals surface area (Å²) in [5, 5.41) is 7.13. The minimum absolute atomic E-state index is 0.0678. The molecule has 1 aromatic carbocycles. The summed E-state index contributed by atoms with van der Waals surface area (Å²) >= 11 is 5.95. The highest BCUT2D eigenvalue weighted by molar-refractivity contribution is 6.32. The zero-order chi connectivity index (χ0) is 14.8. The van der Waals surface area contributed by atoms with Gasteiger partial charge in [0, 0.05) is 12.8 Å². The fraction of sp³-hybridized carbons (Fsp3) is 0.400. The highest BCUT2D eigenvalue weighted by Gasteiger charge is 2.29. The monoisotopic (exact) mass is 310 g/mol. The Bertz CT molecular complexity index is 618. The Morgan fingerprint density at radius 2 is 2.29 bits per heavy atom. The van der Waals surface area contributed by atoms with Crippen molar-refractivity contribution in [3.8, 4) is 5.75 Å². The van der Waals surface area contributed by atoms with Crippen LogP contribution in [0.25, 0.3) is 0 Å². The molecule has 1 aliphatic heterocycles. The van der Waals surface area contributed by atoms with Gasteiger partial charge in [-0.25, -0.2) is 4.39 Å². The van der Waals surface area contributed by atoms with Crippen LogP contribution in [-0.4, -0.2) is 23.9 Å². The standard InChI is InChI=1S/C15H16ClFN2O2/c1-20-15-11(16)3-2-10(14(15)17)9-5-7-21-13(8-9)12-4-6-18-19-12/h2-4,6,9,13H,5,7-8H2,1H3,(H,18,19)/t9-,13?/m1/s1. The largest absolute Gasteiger partial charge is 0.492 e. The molecule has 2 aromatic rings. The van der Waals surface area contributed by atoms with Crippen molar-refractivity contribution in [3.05, 3.63) is 46.5 Å². The molecule has 0 saturated carbocycles. The predicted molar refractivity (Wildman–Crippen MR) is 77.2 cm³/mol. The number of methoxy groups -OCH3 is 1. The summed E-state index contributed by atoms with van der Waals surface area (Å²) < 4.78 is 25.3. The Kier molecular flexibility index (Phi) is 4.12. The smallest absolute Gasteiger partial charge is 0.173 e. The summed E-state index contributed by atoms with van der Waals surface area (Å²) in [7, 11) is 1.42. The van der Waals surface area contributed by atoms with Crippen LogP contribution in [0.15, 0.2) is 24.4 Å². The second kappa shape index (κ2) is 6.03. The van der Waals surface area contributed by atoms with Gasteiger partial charge in [-0.1, -0.05) is 17.7 Å². The molecule has 2 heterocycles. The van der Waals surface area contributed by atoms with Gasteiger partial charge in [-0.3, -0.25) is 5.10 Å². The van der Waals surface area contributed by atoms with Crippen molar-refractivity contribution < 1.29 is 13.9 Å². The van der Waals surface area contributed by atoms with Crippen molar-refractivity contribution in [1.29, 1.82) is 0 Å². The topological polar surface area (TPSA) is 47.1 Å². The molecule has 1 saturated heterocycles. The first-order valence-electron chi connectivity index (χ1n) is 6.83. The van der Waals surface area contributed by atoms with Crippen LogP contribution in [0, 0.1) is 5.82 Å². The number of nitrogens with one attached hydrogen (secondary N) is 1. The number of aromatic nitrogens is 2. The minimum Gasteiger partial charge on any atom is -0.492 e. The molecule has 6 heteroatoms. The molecule has 1 aromatic heterocycles. The molecular formula is C15H16ClFN2O2. The zero-order valence-corrected chi connectivity index (χ0v) is 12.4. The van der Waals surface area contributed by atoms with E-state index in [9.17, 15) is 4.39 Å². The molecule has 1 aliphatic rings. The van der Waals surface area contributed by atoms with Crippen LogP contribution in [0.3, 0.4) is 0 Å². The van der Waals surface area contributed by atoms with Crippen LogP contribution in [0.5, 0.6) is 5.75 Å². The number of benzene rings is 1. The molecule has 0 aliphatic carbocycles. The van der Waals surface area contributed by atoms with Crippen molar-refractivity contribution in [2.75, 3.05) is 13.7 Å². The van der Waals surface area contributed by atoms with E-state index in [1.165, 1.54) is 7.11 Å². The highest BCUT2D eigenvalue weighted by Crippen LogP contribution is 2.41. The normalized spacial score (nSPS) is 22.2. The first kappa shape index (κ1) is 14.4. The van der Waals surface area contributed by atoms with E-state index < -0.39 is 0 Å². The van der Waals surface area contributed by atoms with Crippen LogP contribution in [0.1, 0.15) is 36.1 Å². The Morgan fingerprint density at radius 1 is 1.43 bits per heavy atom. The fourth-order valence-electron chi connectivity index (χ4n) is 2.79. The average Bonchev–Trinajstić information content (AvgIpc) is 3.02. The van der Waals surface area contributed by atoms with E-state index in [4.69, 9.17) is 21.1 Å². The highest BCUT2D eigenvalue weighted by atomic mass is 35.5. The summed E-state index contributed by atoms with van der Waals surface area (Å²) in [6, 6.07) is 5.30. The second-order valence-corrected chi connectivity index (χ2v) is 5.48. The Balaban J connectivity index is 1.87. The van der Waals surface area contributed by atoms with Gasteiger partial charge in [-0.2, -0.15) is 5.10 Å². The maximum atomic E-state index is 14.5. The maximum Gasteiger partial charge on any atom is 0.173 e. The molecule has 1 fully saturated rings. The molecule has 112 valence electrons. The quantitative estimate of drug-likeness (QED) is 0.936. The Morgan fingerprint density at radius 3 is 3.00 bits per heavy atom. The van der Waals surface area contributed by atoms with Gasteiger partial charge in [0.25, 0.3) is 0 Å². The van der Waals surface area contributed by atoms with Gasteiger partial charge in [0.2, 0.25) is 0 Å². The van der Waals surface area contributed by atoms with Crippen LogP contribution in [-0.2, 0) is 4.74 Å². The minimum atomic E-state index is -0.375. The van der Waals surface area contributed by atoms with Crippen molar-refractivity contribution in [1.82, 2.24) is 10.2 Å². The van der Waals surface area contributed by atoms with Crippen molar-refractivity contribution in [3.63, 3.8) is 0 Å². The van der Waals surface area contributed by atoms with Crippen molar-refractivity contribution >= 4 is 11.6 Å². The van der Waals surface area contributed by atoms with Gasteiger partial charge >= 0.3 is 0 Å². The van der Waals surface area contributed by atoms with Crippen LogP contribution in [0.2, 0.25) is 5.02 Å². The lowest BCUT2D eigenvalue weighted by atomic mass is 9.87. The summed E-state index contributed by atoms with van der Waals surface area (Å²) in [5.41, 5.74) is 1.55. The predicted octanol–water partition coefficient (Wildman–Crippen LogP) is 3.85. The Hall–Kier alpha value is -1.59. The van der Waals surface area contributed by atoms with E-state index in [0.717, 1.165) is 12.1 Å². The molecule has 0 bridgehead atoms. The number of nitrogens with zero attached hydrogens (tertiary/aromatic N) is 1. The van der Waals surface area contributed by atoms with Gasteiger partial charge in [-0.05, 0) is 36.5 Å². The lowest BCUT2D eigenvalue weighted by molar-refractivity contribution is 0.00217. The van der Waals surface area contributed by atoms with Crippen LogP contribution in [0.4, 0.5) is 4.39 Å². The number of hydrogen-bond acceptors (Lipinski definition) is 3. The summed E-state index contributed by atoms with van der Waals surface area (Å²) in [6.07, 6.45) is 3.07. The van der Waals surface area contributed by atoms with E-state index in [2.05, 4.69) is 10.2 Å². The second-order valence-electron chi connectivity index (χ2n) is 5.08. The van der Waals surface area contributed by atoms with Crippen molar-refractivity contribution in [2.45, 2.75) is 24.9 Å². The SMILES string of the molecule is COc1c(Cl)ccc([C@@H]2CCOC(c3ccn[nH]3)C2)c1F. The number of rotatable bonds is 3. The molecule has 1 unspecified atom stereocenters. The fourth-order valence-corrected chi connectivity index (χ4v) is 3.02. The van der Waals surface area contributed by atoms with Crippen LogP contribution < -0.4 is 4.74 Å². The maximum absolute atomic E-state index is 14.5. The third-order valence-corrected chi connectivity index (χ3v) is 4.17. The van der Waals surface area contributed by atoms with E-state index in [-0.39, 0.29) is 28.6 Å². The number of hydrogen-bond donors (Lipinski definition) is 1. The van der Waals surface area contributed by atoms with Gasteiger partial charge in [0.1, 0.15) is 0 Å². The van der Waals surface area contributed by atoms with E-state index in [1.54, 1.807) is 18.3 Å². The first-order chi connectivity index (χ1) is 10.2. The average molecular weight is 311 g/mol. The summed E-state index contributed by atoms with van der Waals surface area (Å²) in [5.74, 6) is -0.197. The van der Waals surface area contributed by atoms with E-state index in [0.29, 0.717) is 18.6 Å². The molecule has 0 amide bonds. The van der Waals surface area contributed by atoms with Crippen LogP contribution >= 0.6 is 11.6 Å². The lowest BCUT2D eigenvalue weighted by Gasteiger charge is -2.29. The van der Waals surface area contributed by atoms with E-state index >= 15 is 0 Å². The molecular weight excluding hydrogens is 295 g/mol. The third kappa shape index (κ3) is 2.76. The molecule has 21 heavy (non-hydrogen) atoms. The molecule has 1 N–H and O–H groups in total. The van der Waals surface area contributed by atoms with Gasteiger partial charge in [0.15, 0.2) is 11.6 Å².